The van der Waals surface area contributed by atoms with Gasteiger partial charge in [0.25, 0.3) is 0 Å². The van der Waals surface area contributed by atoms with Crippen LogP contribution in [0, 0.1) is 0 Å². The number of hydrogen-bond acceptors (Lipinski definition) is 1. The Morgan fingerprint density at radius 3 is 2.82 bits per heavy atom. The highest BCUT2D eigenvalue weighted by Crippen LogP contribution is 1.80. The highest BCUT2D eigenvalue weighted by Gasteiger charge is 1.77. The second-order valence-corrected chi connectivity index (χ2v) is 2.35. The molecule has 0 aliphatic heterocycles. The van der Waals surface area contributed by atoms with Crippen molar-refractivity contribution in [3.05, 3.63) is 37.1 Å². The van der Waals surface area contributed by atoms with Gasteiger partial charge in [-0.25, -0.2) is 0 Å². The molecule has 1 N–H and O–H groups in total. The van der Waals surface area contributed by atoms with Gasteiger partial charge in [0.15, 0.2) is 0 Å². The minimum Gasteiger partial charge on any atom is -0.353 e. The highest BCUT2D eigenvalue weighted by molar-refractivity contribution is 7.80. The van der Waals surface area contributed by atoms with E-state index in [-0.39, 0.29) is 0 Å². The molecule has 0 saturated carbocycles. The number of nitrogens with one attached hydrogen (secondary N) is 1. The first-order valence-corrected chi connectivity index (χ1v) is 3.96. The summed E-state index contributed by atoms with van der Waals surface area (Å²) in [6.07, 6.45) is 10.4. The van der Waals surface area contributed by atoms with Crippen molar-refractivity contribution in [3.8, 4) is 0 Å². The van der Waals surface area contributed by atoms with E-state index in [1.807, 2.05) is 12.2 Å². The number of allylic oxidation sites excluding steroid dienone is 3. The van der Waals surface area contributed by atoms with Gasteiger partial charge in [-0.1, -0.05) is 37.9 Å². The van der Waals surface area contributed by atoms with Crippen molar-refractivity contribution >= 4 is 17.2 Å². The van der Waals surface area contributed by atoms with Crippen molar-refractivity contribution in [2.45, 2.75) is 13.3 Å². The first-order chi connectivity index (χ1) is 5.31. The molecule has 0 aliphatic carbocycles. The first kappa shape index (κ1) is 10.1. The Bertz CT molecular complexity index is 180. The molecule has 0 spiro atoms. The topological polar surface area (TPSA) is 12.0 Å². The van der Waals surface area contributed by atoms with Crippen LogP contribution < -0.4 is 5.32 Å². The van der Waals surface area contributed by atoms with Gasteiger partial charge >= 0.3 is 0 Å². The molecule has 0 radical (unpaired) electrons. The van der Waals surface area contributed by atoms with Crippen molar-refractivity contribution in [2.75, 3.05) is 0 Å². The van der Waals surface area contributed by atoms with E-state index in [2.05, 4.69) is 24.9 Å². The van der Waals surface area contributed by atoms with E-state index in [4.69, 9.17) is 12.2 Å². The Morgan fingerprint density at radius 2 is 2.27 bits per heavy atom. The Hall–Kier alpha value is -0.890. The van der Waals surface area contributed by atoms with Gasteiger partial charge in [0.1, 0.15) is 4.99 Å². The molecule has 0 aliphatic rings. The molecular formula is C9H13NS. The van der Waals surface area contributed by atoms with Gasteiger partial charge in [-0.15, -0.1) is 0 Å². The molecule has 2 heteroatoms. The van der Waals surface area contributed by atoms with Gasteiger partial charge in [0.2, 0.25) is 0 Å². The quantitative estimate of drug-likeness (QED) is 0.392. The van der Waals surface area contributed by atoms with Gasteiger partial charge in [0.05, 0.1) is 0 Å². The normalized spacial score (nSPS) is 10.6. The first-order valence-electron chi connectivity index (χ1n) is 3.56. The fourth-order valence-electron chi connectivity index (χ4n) is 0.459. The Kier molecular flexibility index (Phi) is 6.64. The second-order valence-electron chi connectivity index (χ2n) is 1.91. The summed E-state index contributed by atoms with van der Waals surface area (Å²) in [4.78, 5) is 0.645. The summed E-state index contributed by atoms with van der Waals surface area (Å²) in [5, 5.41) is 2.87. The molecule has 0 unspecified atom stereocenters. The molecule has 0 aromatic rings. The zero-order chi connectivity index (χ0) is 8.53. The molecule has 0 fully saturated rings. The lowest BCUT2D eigenvalue weighted by Gasteiger charge is -1.91. The Morgan fingerprint density at radius 1 is 1.55 bits per heavy atom. The van der Waals surface area contributed by atoms with Gasteiger partial charge in [-0.2, -0.15) is 0 Å². The Balaban J connectivity index is 3.52. The zero-order valence-electron chi connectivity index (χ0n) is 6.71. The summed E-state index contributed by atoms with van der Waals surface area (Å²) in [6, 6.07) is 0. The molecule has 0 bridgehead atoms. The van der Waals surface area contributed by atoms with E-state index in [1.54, 1.807) is 12.3 Å². The van der Waals surface area contributed by atoms with E-state index in [0.717, 1.165) is 6.42 Å². The number of hydrogen-bond donors (Lipinski definition) is 1. The van der Waals surface area contributed by atoms with Crippen LogP contribution >= 0.6 is 12.2 Å². The number of rotatable bonds is 4. The smallest absolute Gasteiger partial charge is 0.102 e. The Labute approximate surface area is 73.5 Å². The third-order valence-corrected chi connectivity index (χ3v) is 1.27. The van der Waals surface area contributed by atoms with Crippen molar-refractivity contribution in [1.29, 1.82) is 0 Å². The molecule has 0 aromatic heterocycles. The minimum atomic E-state index is 0.645. The average molecular weight is 167 g/mol. The predicted molar refractivity (Wildman–Crippen MR) is 54.5 cm³/mol. The van der Waals surface area contributed by atoms with Gasteiger partial charge in [-0.3, -0.25) is 0 Å². The van der Waals surface area contributed by atoms with Crippen LogP contribution in [0.1, 0.15) is 13.3 Å². The van der Waals surface area contributed by atoms with E-state index in [1.165, 1.54) is 0 Å². The van der Waals surface area contributed by atoms with Crippen LogP contribution in [0.5, 0.6) is 0 Å². The van der Waals surface area contributed by atoms with Crippen LogP contribution in [0.4, 0.5) is 0 Å². The molecule has 0 atom stereocenters. The summed E-state index contributed by atoms with van der Waals surface area (Å²) in [6.45, 7) is 5.61. The summed E-state index contributed by atoms with van der Waals surface area (Å²) < 4.78 is 0. The fourth-order valence-corrected chi connectivity index (χ4v) is 0.527. The summed E-state index contributed by atoms with van der Waals surface area (Å²) >= 11 is 4.83. The fraction of sp³-hybridized carbons (Fsp3) is 0.222. The van der Waals surface area contributed by atoms with Crippen molar-refractivity contribution < 1.29 is 0 Å². The molecule has 60 valence electrons. The van der Waals surface area contributed by atoms with Crippen molar-refractivity contribution in [2.24, 2.45) is 0 Å². The van der Waals surface area contributed by atoms with Gasteiger partial charge in [-0.05, 0) is 18.6 Å². The molecule has 0 rings (SSSR count). The zero-order valence-corrected chi connectivity index (χ0v) is 7.53. The summed E-state index contributed by atoms with van der Waals surface area (Å²) in [7, 11) is 0. The van der Waals surface area contributed by atoms with Crippen LogP contribution in [0.2, 0.25) is 0 Å². The van der Waals surface area contributed by atoms with Crippen molar-refractivity contribution in [1.82, 2.24) is 5.32 Å². The lowest BCUT2D eigenvalue weighted by molar-refractivity contribution is 1.22. The van der Waals surface area contributed by atoms with Crippen LogP contribution in [0.25, 0.3) is 0 Å². The largest absolute Gasteiger partial charge is 0.353 e. The maximum Gasteiger partial charge on any atom is 0.102 e. The summed E-state index contributed by atoms with van der Waals surface area (Å²) in [5.74, 6) is 0. The summed E-state index contributed by atoms with van der Waals surface area (Å²) in [5.41, 5.74) is 0. The van der Waals surface area contributed by atoms with E-state index in [9.17, 15) is 0 Å². The van der Waals surface area contributed by atoms with Crippen LogP contribution in [-0.4, -0.2) is 4.99 Å². The average Bonchev–Trinajstić information content (AvgIpc) is 2.04. The molecule has 0 amide bonds. The SMILES string of the molecule is C=CC(=S)N/C=C/C=C/CC. The van der Waals surface area contributed by atoms with E-state index in [0.29, 0.717) is 4.99 Å². The monoisotopic (exact) mass is 167 g/mol. The highest BCUT2D eigenvalue weighted by atomic mass is 32.1. The molecule has 0 saturated heterocycles. The maximum absolute atomic E-state index is 4.83. The molecule has 0 heterocycles. The van der Waals surface area contributed by atoms with Crippen molar-refractivity contribution in [3.63, 3.8) is 0 Å². The van der Waals surface area contributed by atoms with Crippen LogP contribution in [-0.2, 0) is 0 Å². The molecule has 0 aromatic carbocycles. The van der Waals surface area contributed by atoms with Crippen LogP contribution in [0.15, 0.2) is 37.1 Å². The second kappa shape index (κ2) is 7.22. The lowest BCUT2D eigenvalue weighted by Crippen LogP contribution is -2.09. The minimum absolute atomic E-state index is 0.645. The third kappa shape index (κ3) is 7.00. The number of thiocarbonyl (C=S) groups is 1. The molecular weight excluding hydrogens is 154 g/mol. The predicted octanol–water partition coefficient (Wildman–Crippen LogP) is 2.57. The molecule has 11 heavy (non-hydrogen) atoms. The molecule has 1 nitrogen and oxygen atoms in total. The lowest BCUT2D eigenvalue weighted by atomic mass is 10.4. The maximum atomic E-state index is 4.83. The standard InChI is InChI=1S/C9H13NS/c1-3-5-6-7-8-10-9(11)4-2/h4-8H,2-3H2,1H3,(H,10,11)/b6-5+,8-7+. The van der Waals surface area contributed by atoms with E-state index >= 15 is 0 Å². The van der Waals surface area contributed by atoms with Crippen LogP contribution in [0.3, 0.4) is 0 Å². The van der Waals surface area contributed by atoms with E-state index < -0.39 is 0 Å². The van der Waals surface area contributed by atoms with Gasteiger partial charge in [0, 0.05) is 6.20 Å². The third-order valence-electron chi connectivity index (χ3n) is 0.990. The van der Waals surface area contributed by atoms with Gasteiger partial charge < -0.3 is 5.32 Å².